The number of carbonyl (C=O) groups is 1. The van der Waals surface area contributed by atoms with Crippen LogP contribution in [0.15, 0.2) is 29.8 Å². The molecule has 1 aromatic rings. The van der Waals surface area contributed by atoms with Gasteiger partial charge in [0.25, 0.3) is 0 Å². The number of halogens is 3. The molecule has 0 aromatic heterocycles. The first kappa shape index (κ1) is 34.6. The number of benzene rings is 1. The minimum Gasteiger partial charge on any atom is -0.393 e. The van der Waals surface area contributed by atoms with Gasteiger partial charge in [0.05, 0.1) is 22.9 Å². The molecule has 4 fully saturated rings. The number of Topliss-reactive ketones (excluding diaryl/α,β-unsaturated/α-hetero) is 1. The molecule has 0 heterocycles. The van der Waals surface area contributed by atoms with Crippen LogP contribution in [-0.4, -0.2) is 38.4 Å². The highest BCUT2D eigenvalue weighted by atomic mass is 19.4. The highest BCUT2D eigenvalue weighted by Gasteiger charge is 2.71. The number of fused-ring (bicyclic) bond motifs is 5. The molecule has 0 aliphatic heterocycles. The van der Waals surface area contributed by atoms with E-state index in [9.17, 15) is 33.3 Å². The van der Waals surface area contributed by atoms with Gasteiger partial charge in [-0.3, -0.25) is 4.79 Å². The molecular weight excluding hydrogens is 577 g/mol. The first-order valence-electron chi connectivity index (χ1n) is 17.0. The summed E-state index contributed by atoms with van der Waals surface area (Å²) in [7, 11) is 0. The van der Waals surface area contributed by atoms with Gasteiger partial charge in [-0.15, -0.1) is 0 Å². The summed E-state index contributed by atoms with van der Waals surface area (Å²) in [6.07, 6.45) is 3.46. The summed E-state index contributed by atoms with van der Waals surface area (Å²) in [5.41, 5.74) is -2.44. The van der Waals surface area contributed by atoms with E-state index >= 15 is 0 Å². The Labute approximate surface area is 267 Å². The van der Waals surface area contributed by atoms with Gasteiger partial charge in [-0.1, -0.05) is 46.8 Å². The molecule has 4 aliphatic rings. The van der Waals surface area contributed by atoms with Gasteiger partial charge in [-0.2, -0.15) is 13.2 Å². The maximum Gasteiger partial charge on any atom is 0.416 e. The minimum atomic E-state index is -4.42. The molecule has 4 aliphatic carbocycles. The first-order chi connectivity index (χ1) is 20.5. The zero-order valence-corrected chi connectivity index (χ0v) is 28.5. The predicted octanol–water partition coefficient (Wildman–Crippen LogP) is 8.62. The Bertz CT molecular complexity index is 1320. The third-order valence-corrected chi connectivity index (χ3v) is 13.8. The van der Waals surface area contributed by atoms with E-state index in [0.717, 1.165) is 37.8 Å². The first-order valence-corrected chi connectivity index (χ1v) is 17.0. The lowest BCUT2D eigenvalue weighted by atomic mass is 9.35. The van der Waals surface area contributed by atoms with E-state index in [1.807, 2.05) is 20.8 Å². The second-order valence-electron chi connectivity index (χ2n) is 17.5. The second-order valence-corrected chi connectivity index (χ2v) is 17.5. The summed E-state index contributed by atoms with van der Waals surface area (Å²) in [4.78, 5) is 14.0. The Hall–Kier alpha value is -1.70. The number of alkyl halides is 3. The number of allylic oxidation sites excluding steroid dienone is 1. The van der Waals surface area contributed by atoms with Crippen molar-refractivity contribution in [1.29, 1.82) is 0 Å². The van der Waals surface area contributed by atoms with Crippen molar-refractivity contribution < 1.29 is 33.3 Å². The molecule has 1 aromatic carbocycles. The SMILES string of the molecule is CC(C)(O)CCC[C@@](C)(O)[C@H]1CC[C@]2(C)[C@@H]1[C@H](O)C[C@@H]1[C@@]3(C)C/C(=C\c4ccc(C(F)(F)F)cc4)C(=O)C(C)(C)[C@@H]3CC[C@]12C. The Balaban J connectivity index is 1.47. The highest BCUT2D eigenvalue weighted by molar-refractivity contribution is 6.04. The van der Waals surface area contributed by atoms with E-state index < -0.39 is 34.5 Å². The van der Waals surface area contributed by atoms with Gasteiger partial charge in [0, 0.05) is 5.41 Å². The van der Waals surface area contributed by atoms with Gasteiger partial charge >= 0.3 is 6.18 Å². The summed E-state index contributed by atoms with van der Waals surface area (Å²) < 4.78 is 39.6. The lowest BCUT2D eigenvalue weighted by Gasteiger charge is -2.70. The van der Waals surface area contributed by atoms with E-state index in [1.54, 1.807) is 19.9 Å². The second kappa shape index (κ2) is 10.9. The molecule has 0 spiro atoms. The largest absolute Gasteiger partial charge is 0.416 e. The van der Waals surface area contributed by atoms with E-state index in [0.29, 0.717) is 43.2 Å². The summed E-state index contributed by atoms with van der Waals surface area (Å²) in [6.45, 7) is 16.6. The van der Waals surface area contributed by atoms with Gasteiger partial charge in [-0.05, 0) is 148 Å². The standard InChI is InChI=1S/C38H55F3O4/c1-32(2,44)16-9-17-37(8,45)26-14-18-36(7)30(26)27(42)21-29-34(5)22-24(20-23-10-12-25(13-11-23)38(39,40)41)31(43)33(3,4)28(34)15-19-35(29,36)6/h10-13,20,26-30,42,44-45H,9,14-19,21-22H2,1-8H3/b24-20+/t26-,27+,28-,29+,30-,34-,35+,36+,37+/m0/s1. The van der Waals surface area contributed by atoms with Gasteiger partial charge < -0.3 is 15.3 Å². The van der Waals surface area contributed by atoms with Crippen molar-refractivity contribution in [2.24, 2.45) is 45.3 Å². The number of hydrogen-bond acceptors (Lipinski definition) is 4. The average molecular weight is 633 g/mol. The molecule has 9 atom stereocenters. The third kappa shape index (κ3) is 5.65. The molecular formula is C38H55F3O4. The lowest BCUT2D eigenvalue weighted by Crippen LogP contribution is -2.66. The number of aliphatic hydroxyl groups is 3. The lowest BCUT2D eigenvalue weighted by molar-refractivity contribution is -0.228. The molecule has 45 heavy (non-hydrogen) atoms. The number of carbonyl (C=O) groups excluding carboxylic acids is 1. The summed E-state index contributed by atoms with van der Waals surface area (Å²) >= 11 is 0. The van der Waals surface area contributed by atoms with E-state index in [-0.39, 0.29) is 45.7 Å². The van der Waals surface area contributed by atoms with Crippen LogP contribution in [0.4, 0.5) is 13.2 Å². The number of rotatable bonds is 6. The van der Waals surface area contributed by atoms with Crippen LogP contribution in [0, 0.1) is 45.3 Å². The average Bonchev–Trinajstić information content (AvgIpc) is 3.28. The van der Waals surface area contributed by atoms with Gasteiger partial charge in [0.15, 0.2) is 5.78 Å². The number of hydrogen-bond donors (Lipinski definition) is 3. The fourth-order valence-electron chi connectivity index (χ4n) is 11.5. The van der Waals surface area contributed by atoms with Gasteiger partial charge in [-0.25, -0.2) is 0 Å². The molecule has 0 amide bonds. The highest BCUT2D eigenvalue weighted by Crippen LogP contribution is 2.76. The molecule has 5 rings (SSSR count). The van der Waals surface area contributed by atoms with Crippen molar-refractivity contribution >= 4 is 11.9 Å². The maximum atomic E-state index is 14.0. The quantitative estimate of drug-likeness (QED) is 0.275. The molecule has 4 saturated carbocycles. The zero-order chi connectivity index (χ0) is 33.6. The van der Waals surface area contributed by atoms with Crippen LogP contribution in [0.2, 0.25) is 0 Å². The van der Waals surface area contributed by atoms with Crippen molar-refractivity contribution in [3.05, 3.63) is 41.0 Å². The maximum absolute atomic E-state index is 14.0. The van der Waals surface area contributed by atoms with Gasteiger partial charge in [0.1, 0.15) is 0 Å². The minimum absolute atomic E-state index is 0.0397. The van der Waals surface area contributed by atoms with Crippen molar-refractivity contribution in [2.45, 2.75) is 137 Å². The molecule has 0 bridgehead atoms. The molecule has 0 radical (unpaired) electrons. The molecule has 252 valence electrons. The normalized spacial score (nSPS) is 40.4. The van der Waals surface area contributed by atoms with Crippen LogP contribution in [0.3, 0.4) is 0 Å². The molecule has 4 nitrogen and oxygen atoms in total. The van der Waals surface area contributed by atoms with Crippen molar-refractivity contribution in [3.8, 4) is 0 Å². The van der Waals surface area contributed by atoms with Crippen LogP contribution in [0.25, 0.3) is 6.08 Å². The Morgan fingerprint density at radius 2 is 1.49 bits per heavy atom. The fraction of sp³-hybridized carbons (Fsp3) is 0.763. The molecule has 0 saturated heterocycles. The van der Waals surface area contributed by atoms with Crippen molar-refractivity contribution in [3.63, 3.8) is 0 Å². The van der Waals surface area contributed by atoms with E-state index in [4.69, 9.17) is 0 Å². The Morgan fingerprint density at radius 3 is 2.07 bits per heavy atom. The topological polar surface area (TPSA) is 77.8 Å². The fourth-order valence-corrected chi connectivity index (χ4v) is 11.5. The Kier molecular flexibility index (Phi) is 8.40. The van der Waals surface area contributed by atoms with E-state index in [1.165, 1.54) is 12.1 Å². The van der Waals surface area contributed by atoms with Crippen molar-refractivity contribution in [1.82, 2.24) is 0 Å². The predicted molar refractivity (Wildman–Crippen MR) is 171 cm³/mol. The van der Waals surface area contributed by atoms with Crippen molar-refractivity contribution in [2.75, 3.05) is 0 Å². The molecule has 0 unspecified atom stereocenters. The Morgan fingerprint density at radius 1 is 0.889 bits per heavy atom. The van der Waals surface area contributed by atoms with Crippen LogP contribution in [-0.2, 0) is 11.0 Å². The van der Waals surface area contributed by atoms with Crippen LogP contribution in [0.1, 0.15) is 124 Å². The smallest absolute Gasteiger partial charge is 0.393 e. The number of ketones is 1. The van der Waals surface area contributed by atoms with Gasteiger partial charge in [0.2, 0.25) is 0 Å². The summed E-state index contributed by atoms with van der Waals surface area (Å²) in [5.74, 6) is 0.243. The van der Waals surface area contributed by atoms with Crippen LogP contribution in [0.5, 0.6) is 0 Å². The summed E-state index contributed by atoms with van der Waals surface area (Å²) in [5, 5.41) is 34.1. The zero-order valence-electron chi connectivity index (χ0n) is 28.5. The third-order valence-electron chi connectivity index (χ3n) is 13.8. The monoisotopic (exact) mass is 632 g/mol. The molecule has 3 N–H and O–H groups in total. The van der Waals surface area contributed by atoms with Crippen LogP contribution < -0.4 is 0 Å². The van der Waals surface area contributed by atoms with Crippen LogP contribution >= 0.6 is 0 Å². The summed E-state index contributed by atoms with van der Waals surface area (Å²) in [6, 6.07) is 5.03. The number of aliphatic hydroxyl groups excluding tert-OH is 1. The van der Waals surface area contributed by atoms with E-state index in [2.05, 4.69) is 20.8 Å². The molecule has 7 heteroatoms.